The lowest BCUT2D eigenvalue weighted by atomic mass is 9.89. The lowest BCUT2D eigenvalue weighted by molar-refractivity contribution is -0.121. The Morgan fingerprint density at radius 1 is 1.19 bits per heavy atom. The van der Waals surface area contributed by atoms with Gasteiger partial charge in [-0.3, -0.25) is 19.5 Å². The summed E-state index contributed by atoms with van der Waals surface area (Å²) in [6, 6.07) is 1.73. The molecule has 0 aromatic carbocycles. The van der Waals surface area contributed by atoms with Gasteiger partial charge in [-0.05, 0) is 40.2 Å². The molecule has 11 nitrogen and oxygen atoms in total. The second-order valence-corrected chi connectivity index (χ2v) is 10.9. The smallest absolute Gasteiger partial charge is 0.260 e. The van der Waals surface area contributed by atoms with Gasteiger partial charge in [0.05, 0.1) is 64.8 Å². The van der Waals surface area contributed by atoms with E-state index in [1.54, 1.807) is 41.7 Å². The molecule has 37 heavy (non-hydrogen) atoms. The third kappa shape index (κ3) is 4.58. The van der Waals surface area contributed by atoms with Crippen molar-refractivity contribution in [1.29, 1.82) is 0 Å². The summed E-state index contributed by atoms with van der Waals surface area (Å²) in [4.78, 5) is 33.9. The molecule has 0 atom stereocenters. The van der Waals surface area contributed by atoms with Crippen molar-refractivity contribution >= 4 is 39.4 Å². The number of amides is 2. The molecule has 0 aliphatic carbocycles. The van der Waals surface area contributed by atoms with Gasteiger partial charge in [0.2, 0.25) is 11.8 Å². The molecule has 0 bridgehead atoms. The number of rotatable bonds is 7. The van der Waals surface area contributed by atoms with Crippen LogP contribution < -0.4 is 15.4 Å². The van der Waals surface area contributed by atoms with Crippen LogP contribution in [-0.2, 0) is 11.8 Å². The summed E-state index contributed by atoms with van der Waals surface area (Å²) in [6.45, 7) is 9.20. The van der Waals surface area contributed by atoms with E-state index in [4.69, 9.17) is 4.74 Å². The molecule has 1 aliphatic rings. The van der Waals surface area contributed by atoms with E-state index in [9.17, 15) is 9.59 Å². The quantitative estimate of drug-likeness (QED) is 0.381. The van der Waals surface area contributed by atoms with Crippen molar-refractivity contribution in [3.63, 3.8) is 0 Å². The fourth-order valence-electron chi connectivity index (χ4n) is 4.51. The molecule has 2 N–H and O–H groups in total. The van der Waals surface area contributed by atoms with Gasteiger partial charge in [0.1, 0.15) is 4.83 Å². The van der Waals surface area contributed by atoms with Crippen LogP contribution in [0.15, 0.2) is 24.7 Å². The Morgan fingerprint density at radius 2 is 1.97 bits per heavy atom. The molecule has 0 spiro atoms. The van der Waals surface area contributed by atoms with Gasteiger partial charge in [0.25, 0.3) is 5.91 Å². The maximum atomic E-state index is 13.3. The predicted octanol–water partition coefficient (Wildman–Crippen LogP) is 3.49. The summed E-state index contributed by atoms with van der Waals surface area (Å²) in [5.74, 6) is 0.224. The van der Waals surface area contributed by atoms with Crippen LogP contribution in [0.4, 0.5) is 11.4 Å². The highest BCUT2D eigenvalue weighted by Gasteiger charge is 2.36. The number of hydrogen-bond acceptors (Lipinski definition) is 8. The lowest BCUT2D eigenvalue weighted by Crippen LogP contribution is -2.57. The third-order valence-corrected chi connectivity index (χ3v) is 7.98. The number of aryl methyl sites for hydroxylation is 3. The van der Waals surface area contributed by atoms with Crippen molar-refractivity contribution in [2.24, 2.45) is 7.05 Å². The van der Waals surface area contributed by atoms with Gasteiger partial charge in [-0.2, -0.15) is 10.2 Å². The minimum atomic E-state index is -0.311. The first kappa shape index (κ1) is 24.9. The van der Waals surface area contributed by atoms with Gasteiger partial charge in [-0.25, -0.2) is 9.20 Å². The van der Waals surface area contributed by atoms with Crippen LogP contribution in [0.3, 0.4) is 0 Å². The van der Waals surface area contributed by atoms with Gasteiger partial charge in [0.15, 0.2) is 0 Å². The number of carbonyl (C=O) groups excluding carboxylic acids is 2. The molecule has 1 saturated heterocycles. The number of pyridine rings is 1. The van der Waals surface area contributed by atoms with E-state index >= 15 is 0 Å². The van der Waals surface area contributed by atoms with E-state index in [0.717, 1.165) is 29.1 Å². The van der Waals surface area contributed by atoms with Crippen molar-refractivity contribution < 1.29 is 14.3 Å². The normalized spacial score (nSPS) is 15.0. The summed E-state index contributed by atoms with van der Waals surface area (Å²) in [5, 5.41) is 14.6. The number of likely N-dealkylation sites (tertiary alicyclic amines) is 1. The van der Waals surface area contributed by atoms with E-state index in [1.807, 2.05) is 20.2 Å². The fourth-order valence-corrected chi connectivity index (χ4v) is 5.66. The van der Waals surface area contributed by atoms with Crippen LogP contribution in [-0.4, -0.2) is 66.8 Å². The second kappa shape index (κ2) is 9.27. The monoisotopic (exact) mass is 522 g/mol. The van der Waals surface area contributed by atoms with Gasteiger partial charge in [0, 0.05) is 25.3 Å². The van der Waals surface area contributed by atoms with Gasteiger partial charge in [-0.15, -0.1) is 11.3 Å². The highest BCUT2D eigenvalue weighted by Crippen LogP contribution is 2.38. The number of nitrogens with zero attached hydrogens (tertiary/aromatic N) is 6. The zero-order chi connectivity index (χ0) is 26.5. The summed E-state index contributed by atoms with van der Waals surface area (Å²) < 4.78 is 8.90. The summed E-state index contributed by atoms with van der Waals surface area (Å²) >= 11 is 1.44. The number of methoxy groups -OCH3 is 1. The van der Waals surface area contributed by atoms with Gasteiger partial charge >= 0.3 is 0 Å². The van der Waals surface area contributed by atoms with Gasteiger partial charge in [-0.1, -0.05) is 0 Å². The Morgan fingerprint density at radius 3 is 2.65 bits per heavy atom. The molecule has 0 saturated carbocycles. The topological polar surface area (TPSA) is 119 Å². The third-order valence-electron chi connectivity index (χ3n) is 6.85. The molecule has 1 aliphatic heterocycles. The zero-order valence-corrected chi connectivity index (χ0v) is 22.6. The first-order valence-corrected chi connectivity index (χ1v) is 12.8. The Kier molecular flexibility index (Phi) is 6.24. The maximum absolute atomic E-state index is 13.3. The molecular formula is C25H30N8O3S. The number of nitrogens with one attached hydrogen (secondary N) is 2. The highest BCUT2D eigenvalue weighted by molar-refractivity contribution is 7.21. The SMILES string of the molecule is COc1c(-c2cn3ncc(C(=O)Nc4cc(NC(=O)CN5CCC5(C)C)cnc4C)c3s2)c(C)nn1C. The number of fused-ring (bicyclic) bond motifs is 1. The molecule has 0 radical (unpaired) electrons. The molecule has 1 fully saturated rings. The molecule has 194 valence electrons. The first-order chi connectivity index (χ1) is 17.6. The Hall–Kier alpha value is -3.77. The largest absolute Gasteiger partial charge is 0.481 e. The molecular weight excluding hydrogens is 492 g/mol. The first-order valence-electron chi connectivity index (χ1n) is 12.0. The average molecular weight is 523 g/mol. The predicted molar refractivity (Wildman–Crippen MR) is 142 cm³/mol. The van der Waals surface area contributed by atoms with E-state index < -0.39 is 0 Å². The molecule has 5 rings (SSSR count). The summed E-state index contributed by atoms with van der Waals surface area (Å²) in [6.07, 6.45) is 6.08. The van der Waals surface area contributed by atoms with Crippen molar-refractivity contribution in [3.8, 4) is 16.3 Å². The van der Waals surface area contributed by atoms with E-state index in [0.29, 0.717) is 39.9 Å². The number of carbonyl (C=O) groups is 2. The Balaban J connectivity index is 1.34. The minimum absolute atomic E-state index is 0.0431. The number of ether oxygens (including phenoxy) is 1. The number of anilines is 2. The van der Waals surface area contributed by atoms with E-state index in [2.05, 4.69) is 44.6 Å². The molecule has 0 unspecified atom stereocenters. The standard InChI is InChI=1S/C25H30N8O3S/c1-14-18(9-16(10-26-14)28-20(34)13-32-8-7-25(32,3)4)29-22(35)17-11-27-33-12-19(37-24(17)33)21-15(2)30-31(5)23(21)36-6/h9-12H,7-8,13H2,1-6H3,(H,28,34)(H,29,35). The molecule has 4 aromatic heterocycles. The van der Waals surface area contributed by atoms with Crippen molar-refractivity contribution in [2.75, 3.05) is 30.8 Å². The summed E-state index contributed by atoms with van der Waals surface area (Å²) in [7, 11) is 3.43. The van der Waals surface area contributed by atoms with Crippen LogP contribution in [0.1, 0.15) is 42.0 Å². The number of hydrogen-bond donors (Lipinski definition) is 2. The van der Waals surface area contributed by atoms with Crippen LogP contribution in [0.5, 0.6) is 5.88 Å². The van der Waals surface area contributed by atoms with Gasteiger partial charge < -0.3 is 15.4 Å². The maximum Gasteiger partial charge on any atom is 0.260 e. The minimum Gasteiger partial charge on any atom is -0.481 e. The van der Waals surface area contributed by atoms with Crippen LogP contribution in [0.2, 0.25) is 0 Å². The van der Waals surface area contributed by atoms with Crippen LogP contribution in [0.25, 0.3) is 15.3 Å². The van der Waals surface area contributed by atoms with Crippen molar-refractivity contribution in [3.05, 3.63) is 41.6 Å². The summed E-state index contributed by atoms with van der Waals surface area (Å²) in [5.41, 5.74) is 3.87. The molecule has 4 aromatic rings. The Bertz CT molecular complexity index is 1520. The second-order valence-electron chi connectivity index (χ2n) is 9.84. The van der Waals surface area contributed by atoms with E-state index in [1.165, 1.54) is 11.3 Å². The number of aromatic nitrogens is 5. The van der Waals surface area contributed by atoms with Crippen LogP contribution >= 0.6 is 11.3 Å². The highest BCUT2D eigenvalue weighted by atomic mass is 32.1. The molecule has 2 amide bonds. The molecule has 5 heterocycles. The van der Waals surface area contributed by atoms with E-state index in [-0.39, 0.29) is 17.4 Å². The van der Waals surface area contributed by atoms with Crippen molar-refractivity contribution in [2.45, 2.75) is 39.7 Å². The number of thiazole rings is 1. The van der Waals surface area contributed by atoms with Crippen molar-refractivity contribution in [1.82, 2.24) is 29.3 Å². The molecule has 12 heteroatoms. The zero-order valence-electron chi connectivity index (χ0n) is 21.7. The fraction of sp³-hybridized carbons (Fsp3) is 0.400. The lowest BCUT2D eigenvalue weighted by Gasteiger charge is -2.48. The average Bonchev–Trinajstić information content (AvgIpc) is 3.50. The Labute approximate surface area is 218 Å². The van der Waals surface area contributed by atoms with Crippen LogP contribution in [0, 0.1) is 13.8 Å².